The Balaban J connectivity index is 0.00000392. The molecule has 1 aliphatic rings. The second-order valence-electron chi connectivity index (χ2n) is 6.63. The predicted octanol–water partition coefficient (Wildman–Crippen LogP) is 3.35. The van der Waals surface area contributed by atoms with E-state index in [9.17, 15) is 4.79 Å². The van der Waals surface area contributed by atoms with Crippen LogP contribution in [-0.4, -0.2) is 62.1 Å². The lowest BCUT2D eigenvalue weighted by Crippen LogP contribution is -2.44. The maximum Gasteiger partial charge on any atom is 0.224 e. The molecule has 6 nitrogen and oxygen atoms in total. The van der Waals surface area contributed by atoms with Gasteiger partial charge in [0.15, 0.2) is 5.96 Å². The minimum absolute atomic E-state index is 0. The summed E-state index contributed by atoms with van der Waals surface area (Å²) in [5.41, 5.74) is 1.15. The first kappa shape index (κ1) is 24.8. The molecule has 0 aliphatic carbocycles. The van der Waals surface area contributed by atoms with Gasteiger partial charge in [0.25, 0.3) is 0 Å². The molecule has 1 heterocycles. The van der Waals surface area contributed by atoms with Crippen LogP contribution in [0.5, 0.6) is 0 Å². The van der Waals surface area contributed by atoms with Crippen LogP contribution in [-0.2, 0) is 4.79 Å². The van der Waals surface area contributed by atoms with Crippen molar-refractivity contribution in [3.8, 4) is 0 Å². The van der Waals surface area contributed by atoms with Crippen molar-refractivity contribution in [2.75, 3.05) is 44.2 Å². The van der Waals surface area contributed by atoms with Gasteiger partial charge in [0.1, 0.15) is 0 Å². The number of benzene rings is 1. The lowest BCUT2D eigenvalue weighted by molar-refractivity contribution is -0.130. The van der Waals surface area contributed by atoms with Crippen LogP contribution in [0.15, 0.2) is 29.3 Å². The summed E-state index contributed by atoms with van der Waals surface area (Å²) in [4.78, 5) is 20.9. The highest BCUT2D eigenvalue weighted by Gasteiger charge is 2.23. The van der Waals surface area contributed by atoms with Gasteiger partial charge in [0.05, 0.1) is 6.54 Å². The Kier molecular flexibility index (Phi) is 11.6. The van der Waals surface area contributed by atoms with Crippen LogP contribution in [0.25, 0.3) is 0 Å². The number of anilines is 1. The molecule has 0 spiro atoms. The SMILES string of the molecule is CCNC(=NCCC(=O)N(CC)CC)NC1CCN(c2cccc(Cl)c2)C1.I. The lowest BCUT2D eigenvalue weighted by Gasteiger charge is -2.21. The fourth-order valence-corrected chi connectivity index (χ4v) is 3.48. The van der Waals surface area contributed by atoms with Crippen LogP contribution in [0.3, 0.4) is 0 Å². The topological polar surface area (TPSA) is 60.0 Å². The molecule has 28 heavy (non-hydrogen) atoms. The maximum absolute atomic E-state index is 12.1. The van der Waals surface area contributed by atoms with E-state index in [1.165, 1.54) is 0 Å². The van der Waals surface area contributed by atoms with E-state index in [1.807, 2.05) is 43.9 Å². The Morgan fingerprint density at radius 1 is 1.32 bits per heavy atom. The van der Waals surface area contributed by atoms with Gasteiger partial charge in [-0.2, -0.15) is 0 Å². The Morgan fingerprint density at radius 2 is 2.07 bits per heavy atom. The van der Waals surface area contributed by atoms with Crippen LogP contribution in [0.4, 0.5) is 5.69 Å². The van der Waals surface area contributed by atoms with Gasteiger partial charge in [0.2, 0.25) is 5.91 Å². The van der Waals surface area contributed by atoms with Crippen LogP contribution >= 0.6 is 35.6 Å². The molecule has 1 aromatic rings. The summed E-state index contributed by atoms with van der Waals surface area (Å²) in [6.45, 7) is 10.7. The smallest absolute Gasteiger partial charge is 0.224 e. The quantitative estimate of drug-likeness (QED) is 0.313. The standard InChI is InChI=1S/C20H32ClN5O.HI/c1-4-22-20(23-12-10-19(27)25(5-2)6-3)24-17-11-13-26(15-17)18-9-7-8-16(21)14-18;/h7-9,14,17H,4-6,10-13,15H2,1-3H3,(H2,22,23,24);1H. The van der Waals surface area contributed by atoms with Gasteiger partial charge in [-0.15, -0.1) is 24.0 Å². The summed E-state index contributed by atoms with van der Waals surface area (Å²) in [5.74, 6) is 0.940. The zero-order valence-corrected chi connectivity index (χ0v) is 20.2. The summed E-state index contributed by atoms with van der Waals surface area (Å²) in [5, 5.41) is 7.54. The van der Waals surface area contributed by atoms with Gasteiger partial charge in [-0.25, -0.2) is 0 Å². The normalized spacial score (nSPS) is 16.5. The number of halogens is 2. The van der Waals surface area contributed by atoms with Gasteiger partial charge in [-0.1, -0.05) is 17.7 Å². The lowest BCUT2D eigenvalue weighted by atomic mass is 10.2. The number of nitrogens with one attached hydrogen (secondary N) is 2. The van der Waals surface area contributed by atoms with E-state index < -0.39 is 0 Å². The second-order valence-corrected chi connectivity index (χ2v) is 7.07. The highest BCUT2D eigenvalue weighted by atomic mass is 127. The van der Waals surface area contributed by atoms with Crippen LogP contribution in [0.2, 0.25) is 5.02 Å². The molecule has 158 valence electrons. The number of hydrogen-bond acceptors (Lipinski definition) is 3. The highest BCUT2D eigenvalue weighted by molar-refractivity contribution is 14.0. The molecule has 1 atom stereocenters. The van der Waals surface area contributed by atoms with Crippen molar-refractivity contribution in [1.82, 2.24) is 15.5 Å². The van der Waals surface area contributed by atoms with Crippen LogP contribution in [0, 0.1) is 0 Å². The van der Waals surface area contributed by atoms with E-state index in [2.05, 4.69) is 26.6 Å². The summed E-state index contributed by atoms with van der Waals surface area (Å²) in [7, 11) is 0. The van der Waals surface area contributed by atoms with Crippen LogP contribution in [0.1, 0.15) is 33.6 Å². The molecule has 1 aromatic carbocycles. The average Bonchev–Trinajstić information content (AvgIpc) is 3.11. The minimum atomic E-state index is 0. The van der Waals surface area contributed by atoms with Crippen molar-refractivity contribution < 1.29 is 4.79 Å². The van der Waals surface area contributed by atoms with E-state index in [4.69, 9.17) is 11.6 Å². The number of rotatable bonds is 8. The van der Waals surface area contributed by atoms with Gasteiger partial charge >= 0.3 is 0 Å². The number of amides is 1. The second kappa shape index (κ2) is 13.1. The highest BCUT2D eigenvalue weighted by Crippen LogP contribution is 2.23. The van der Waals surface area contributed by atoms with Crippen LogP contribution < -0.4 is 15.5 Å². The first-order valence-electron chi connectivity index (χ1n) is 9.90. The zero-order valence-electron chi connectivity index (χ0n) is 17.1. The molecule has 1 unspecified atom stereocenters. The first-order chi connectivity index (χ1) is 13.1. The van der Waals surface area contributed by atoms with Gasteiger partial charge < -0.3 is 20.4 Å². The molecule has 1 fully saturated rings. The molecule has 8 heteroatoms. The molecule has 1 amide bonds. The largest absolute Gasteiger partial charge is 0.369 e. The summed E-state index contributed by atoms with van der Waals surface area (Å²) in [6.07, 6.45) is 1.48. The first-order valence-corrected chi connectivity index (χ1v) is 10.3. The number of hydrogen-bond donors (Lipinski definition) is 2. The molecule has 1 aliphatic heterocycles. The molecule has 0 aromatic heterocycles. The van der Waals surface area contributed by atoms with Crippen molar-refractivity contribution >= 4 is 53.1 Å². The Hall–Kier alpha value is -1.22. The minimum Gasteiger partial charge on any atom is -0.369 e. The van der Waals surface area contributed by atoms with Crippen molar-refractivity contribution in [3.05, 3.63) is 29.3 Å². The third kappa shape index (κ3) is 7.66. The van der Waals surface area contributed by atoms with E-state index >= 15 is 0 Å². The molecular weight excluding hydrogens is 489 g/mol. The Bertz CT molecular complexity index is 639. The van der Waals surface area contributed by atoms with Gasteiger partial charge in [0, 0.05) is 55.9 Å². The van der Waals surface area contributed by atoms with E-state index in [-0.39, 0.29) is 29.9 Å². The molecule has 2 rings (SSSR count). The molecule has 0 saturated carbocycles. The number of aliphatic imine (C=N–C) groups is 1. The molecule has 0 bridgehead atoms. The number of nitrogens with zero attached hydrogens (tertiary/aromatic N) is 3. The monoisotopic (exact) mass is 521 g/mol. The zero-order chi connectivity index (χ0) is 19.6. The molecule has 2 N–H and O–H groups in total. The third-order valence-corrected chi connectivity index (χ3v) is 4.99. The van der Waals surface area contributed by atoms with Crippen molar-refractivity contribution in [1.29, 1.82) is 0 Å². The third-order valence-electron chi connectivity index (χ3n) is 4.76. The number of carbonyl (C=O) groups is 1. The van der Waals surface area contributed by atoms with Crippen molar-refractivity contribution in [3.63, 3.8) is 0 Å². The van der Waals surface area contributed by atoms with Crippen molar-refractivity contribution in [2.45, 2.75) is 39.7 Å². The van der Waals surface area contributed by atoms with E-state index in [0.29, 0.717) is 19.0 Å². The summed E-state index contributed by atoms with van der Waals surface area (Å²) < 4.78 is 0. The van der Waals surface area contributed by atoms with Gasteiger partial charge in [-0.05, 0) is 45.4 Å². The Labute approximate surface area is 191 Å². The number of carbonyl (C=O) groups excluding carboxylic acids is 1. The fourth-order valence-electron chi connectivity index (χ4n) is 3.30. The average molecular weight is 522 g/mol. The molecule has 1 saturated heterocycles. The van der Waals surface area contributed by atoms with E-state index in [1.54, 1.807) is 0 Å². The fraction of sp³-hybridized carbons (Fsp3) is 0.600. The Morgan fingerprint density at radius 3 is 2.71 bits per heavy atom. The predicted molar refractivity (Wildman–Crippen MR) is 129 cm³/mol. The summed E-state index contributed by atoms with van der Waals surface area (Å²) >= 11 is 6.11. The summed E-state index contributed by atoms with van der Waals surface area (Å²) in [6, 6.07) is 8.29. The van der Waals surface area contributed by atoms with E-state index in [0.717, 1.165) is 55.8 Å². The van der Waals surface area contributed by atoms with Crippen molar-refractivity contribution in [2.24, 2.45) is 4.99 Å². The molecular formula is C20H33ClIN5O. The van der Waals surface area contributed by atoms with Gasteiger partial charge in [-0.3, -0.25) is 9.79 Å². The maximum atomic E-state index is 12.1. The number of guanidine groups is 1. The molecule has 0 radical (unpaired) electrons.